The molecule has 0 unspecified atom stereocenters. The number of amides is 3. The van der Waals surface area contributed by atoms with Crippen LogP contribution in [0.15, 0.2) is 42.5 Å². The Morgan fingerprint density at radius 2 is 1.97 bits per heavy atom. The molecule has 0 aromatic heterocycles. The van der Waals surface area contributed by atoms with Crippen LogP contribution in [0, 0.1) is 17.6 Å². The molecule has 0 saturated carbocycles. The van der Waals surface area contributed by atoms with Gasteiger partial charge in [-0.15, -0.1) is 0 Å². The Labute approximate surface area is 185 Å². The number of carbonyl (C=O) groups excluding carboxylic acids is 2. The average molecular weight is 437 g/mol. The van der Waals surface area contributed by atoms with Gasteiger partial charge in [0.1, 0.15) is 6.54 Å². The van der Waals surface area contributed by atoms with Gasteiger partial charge in [0.15, 0.2) is 11.6 Å². The quantitative estimate of drug-likeness (QED) is 0.751. The van der Waals surface area contributed by atoms with Crippen LogP contribution in [-0.2, 0) is 11.3 Å². The Balaban J connectivity index is 1.35. The SMILES string of the molecule is CC(C)c1ccccc1C1=C[C@H]2C[C@@H]1N(C(=O)CN1Cc3c(ccc(F)c3F)NC1=O)C2. The Morgan fingerprint density at radius 3 is 2.72 bits per heavy atom. The van der Waals surface area contributed by atoms with E-state index in [0.29, 0.717) is 18.4 Å². The number of likely N-dealkylation sites (tertiary alicyclic amines) is 1. The number of carbonyl (C=O) groups is 2. The second kappa shape index (κ2) is 7.73. The number of rotatable bonds is 4. The zero-order chi connectivity index (χ0) is 22.6. The van der Waals surface area contributed by atoms with E-state index in [2.05, 4.69) is 37.4 Å². The van der Waals surface area contributed by atoms with Crippen LogP contribution < -0.4 is 5.32 Å². The van der Waals surface area contributed by atoms with Crippen molar-refractivity contribution in [1.82, 2.24) is 9.80 Å². The van der Waals surface area contributed by atoms with Crippen LogP contribution in [0.1, 0.15) is 42.9 Å². The van der Waals surface area contributed by atoms with Crippen molar-refractivity contribution < 1.29 is 18.4 Å². The van der Waals surface area contributed by atoms with Crippen molar-refractivity contribution in [3.63, 3.8) is 0 Å². The zero-order valence-electron chi connectivity index (χ0n) is 18.1. The second-order valence-corrected chi connectivity index (χ2v) is 9.10. The van der Waals surface area contributed by atoms with E-state index in [0.717, 1.165) is 12.5 Å². The van der Waals surface area contributed by atoms with Gasteiger partial charge in [-0.05, 0) is 47.1 Å². The summed E-state index contributed by atoms with van der Waals surface area (Å²) in [5, 5.41) is 2.56. The number of anilines is 1. The third-order valence-corrected chi connectivity index (χ3v) is 6.72. The van der Waals surface area contributed by atoms with Crippen LogP contribution in [0.25, 0.3) is 5.57 Å². The van der Waals surface area contributed by atoms with Gasteiger partial charge in [0.2, 0.25) is 5.91 Å². The highest BCUT2D eigenvalue weighted by atomic mass is 19.2. The molecule has 2 heterocycles. The first-order valence-electron chi connectivity index (χ1n) is 11.0. The Morgan fingerprint density at radius 1 is 1.19 bits per heavy atom. The Bertz CT molecular complexity index is 1140. The summed E-state index contributed by atoms with van der Waals surface area (Å²) < 4.78 is 27.9. The molecule has 1 saturated heterocycles. The minimum Gasteiger partial charge on any atom is -0.333 e. The summed E-state index contributed by atoms with van der Waals surface area (Å²) in [6.07, 6.45) is 3.15. The van der Waals surface area contributed by atoms with Gasteiger partial charge in [-0.1, -0.05) is 44.2 Å². The van der Waals surface area contributed by atoms with E-state index in [4.69, 9.17) is 0 Å². The summed E-state index contributed by atoms with van der Waals surface area (Å²) in [6, 6.07) is 10.1. The normalized spacial score (nSPS) is 21.7. The van der Waals surface area contributed by atoms with Crippen molar-refractivity contribution in [2.75, 3.05) is 18.4 Å². The highest BCUT2D eigenvalue weighted by Gasteiger charge is 2.43. The van der Waals surface area contributed by atoms with Gasteiger partial charge in [-0.25, -0.2) is 13.6 Å². The van der Waals surface area contributed by atoms with Crippen LogP contribution >= 0.6 is 0 Å². The number of hydrogen-bond donors (Lipinski definition) is 1. The fourth-order valence-electron chi connectivity index (χ4n) is 5.16. The van der Waals surface area contributed by atoms with Crippen LogP contribution in [0.2, 0.25) is 0 Å². The van der Waals surface area contributed by atoms with Gasteiger partial charge in [0, 0.05) is 12.1 Å². The highest BCUT2D eigenvalue weighted by Crippen LogP contribution is 2.43. The molecule has 2 aliphatic heterocycles. The first kappa shape index (κ1) is 20.7. The molecule has 1 fully saturated rings. The van der Waals surface area contributed by atoms with Gasteiger partial charge in [-0.2, -0.15) is 0 Å². The molecule has 1 N–H and O–H groups in total. The molecule has 2 aromatic rings. The molecule has 2 atom stereocenters. The lowest BCUT2D eigenvalue weighted by Gasteiger charge is -2.34. The minimum atomic E-state index is -0.990. The summed E-state index contributed by atoms with van der Waals surface area (Å²) in [5.74, 6) is -1.48. The van der Waals surface area contributed by atoms with E-state index in [1.54, 1.807) is 0 Å². The standard InChI is InChI=1S/C25H25F2N3O2/c1-14(2)16-5-3-4-6-17(16)18-9-15-10-22(18)30(11-15)23(31)13-29-12-19-21(28-25(29)32)8-7-20(26)24(19)27/h3-9,14-15,22H,10-13H2,1-2H3,(H,28,32)/t15-,22-/m0/s1. The molecule has 5 nitrogen and oxygen atoms in total. The van der Waals surface area contributed by atoms with E-state index in [1.807, 2.05) is 17.0 Å². The third-order valence-electron chi connectivity index (χ3n) is 6.72. The molecular formula is C25H25F2N3O2. The van der Waals surface area contributed by atoms with Gasteiger partial charge < -0.3 is 15.1 Å². The average Bonchev–Trinajstić information content (AvgIpc) is 3.39. The van der Waals surface area contributed by atoms with Crippen molar-refractivity contribution in [1.29, 1.82) is 0 Å². The van der Waals surface area contributed by atoms with Gasteiger partial charge in [0.05, 0.1) is 18.3 Å². The molecule has 0 spiro atoms. The maximum absolute atomic E-state index is 14.2. The third kappa shape index (κ3) is 3.36. The molecule has 0 radical (unpaired) electrons. The lowest BCUT2D eigenvalue weighted by atomic mass is 9.90. The molecule has 2 bridgehead atoms. The van der Waals surface area contributed by atoms with Crippen molar-refractivity contribution in [3.05, 3.63) is 70.8 Å². The lowest BCUT2D eigenvalue weighted by molar-refractivity contribution is -0.132. The number of benzene rings is 2. The van der Waals surface area contributed by atoms with Gasteiger partial charge >= 0.3 is 6.03 Å². The molecule has 32 heavy (non-hydrogen) atoms. The smallest absolute Gasteiger partial charge is 0.322 e. The molecule has 5 rings (SSSR count). The van der Waals surface area contributed by atoms with Crippen LogP contribution in [0.5, 0.6) is 0 Å². The largest absolute Gasteiger partial charge is 0.333 e. The minimum absolute atomic E-state index is 0.0262. The molecule has 7 heteroatoms. The monoisotopic (exact) mass is 437 g/mol. The van der Waals surface area contributed by atoms with Crippen LogP contribution in [0.4, 0.5) is 19.3 Å². The Kier molecular flexibility index (Phi) is 4.99. The predicted molar refractivity (Wildman–Crippen MR) is 118 cm³/mol. The lowest BCUT2D eigenvalue weighted by Crippen LogP contribution is -2.48. The van der Waals surface area contributed by atoms with Crippen molar-refractivity contribution in [2.24, 2.45) is 5.92 Å². The zero-order valence-corrected chi connectivity index (χ0v) is 18.1. The van der Waals surface area contributed by atoms with Crippen molar-refractivity contribution in [3.8, 4) is 0 Å². The summed E-state index contributed by atoms with van der Waals surface area (Å²) in [5.41, 5.74) is 3.90. The molecular weight excluding hydrogens is 412 g/mol. The van der Waals surface area contributed by atoms with E-state index in [-0.39, 0.29) is 36.3 Å². The summed E-state index contributed by atoms with van der Waals surface area (Å²) in [4.78, 5) is 28.8. The number of halogens is 2. The number of hydrogen-bond acceptors (Lipinski definition) is 2. The molecule has 1 aliphatic carbocycles. The van der Waals surface area contributed by atoms with E-state index in [1.165, 1.54) is 27.7 Å². The molecule has 2 aromatic carbocycles. The maximum Gasteiger partial charge on any atom is 0.322 e. The fourth-order valence-corrected chi connectivity index (χ4v) is 5.16. The first-order chi connectivity index (χ1) is 15.3. The van der Waals surface area contributed by atoms with Crippen LogP contribution in [0.3, 0.4) is 0 Å². The molecule has 166 valence electrons. The predicted octanol–water partition coefficient (Wildman–Crippen LogP) is 4.75. The number of urea groups is 1. The van der Waals surface area contributed by atoms with E-state index in [9.17, 15) is 18.4 Å². The molecule has 3 amide bonds. The Hall–Kier alpha value is -3.22. The summed E-state index contributed by atoms with van der Waals surface area (Å²) >= 11 is 0. The fraction of sp³-hybridized carbons (Fsp3) is 0.360. The van der Waals surface area contributed by atoms with Crippen molar-refractivity contribution >= 4 is 23.2 Å². The highest BCUT2D eigenvalue weighted by molar-refractivity contribution is 5.95. The van der Waals surface area contributed by atoms with Crippen LogP contribution in [-0.4, -0.2) is 40.9 Å². The first-order valence-corrected chi connectivity index (χ1v) is 11.0. The van der Waals surface area contributed by atoms with Gasteiger partial charge in [0.25, 0.3) is 0 Å². The van der Waals surface area contributed by atoms with E-state index < -0.39 is 17.7 Å². The number of nitrogens with one attached hydrogen (secondary N) is 1. The summed E-state index contributed by atoms with van der Waals surface area (Å²) in [6.45, 7) is 4.61. The van der Waals surface area contributed by atoms with Crippen molar-refractivity contribution in [2.45, 2.75) is 38.8 Å². The number of fused-ring (bicyclic) bond motifs is 3. The summed E-state index contributed by atoms with van der Waals surface area (Å²) in [7, 11) is 0. The maximum atomic E-state index is 14.2. The topological polar surface area (TPSA) is 52.7 Å². The second-order valence-electron chi connectivity index (χ2n) is 9.10. The number of nitrogens with zero attached hydrogens (tertiary/aromatic N) is 2. The van der Waals surface area contributed by atoms with E-state index >= 15 is 0 Å². The molecule has 3 aliphatic rings. The van der Waals surface area contributed by atoms with Gasteiger partial charge in [-0.3, -0.25) is 4.79 Å².